The second-order valence-electron chi connectivity index (χ2n) is 11.2. The number of rotatable bonds is 7. The highest BCUT2D eigenvalue weighted by Gasteiger charge is 2.62. The van der Waals surface area contributed by atoms with Crippen molar-refractivity contribution in [2.75, 3.05) is 19.7 Å². The monoisotopic (exact) mass is 555 g/mol. The molecule has 0 bridgehead atoms. The number of phenolic OH excluding ortho intramolecular Hbond substituents is 1. The Morgan fingerprint density at radius 1 is 1.23 bits per heavy atom. The zero-order valence-electron chi connectivity index (χ0n) is 22.8. The summed E-state index contributed by atoms with van der Waals surface area (Å²) in [6, 6.07) is 0.179. The third kappa shape index (κ3) is 3.93. The Kier molecular flexibility index (Phi) is 7.18. The Balaban J connectivity index is 1.67. The van der Waals surface area contributed by atoms with E-state index in [1.54, 1.807) is 6.07 Å². The minimum Gasteiger partial charge on any atom is -0.510 e. The molecule has 5 rings (SSSR count). The van der Waals surface area contributed by atoms with Crippen molar-refractivity contribution in [2.45, 2.75) is 70.1 Å². The summed E-state index contributed by atoms with van der Waals surface area (Å²) in [6.07, 6.45) is 3.68. The number of amides is 1. The van der Waals surface area contributed by atoms with Crippen LogP contribution in [0, 0.1) is 11.8 Å². The van der Waals surface area contributed by atoms with Gasteiger partial charge in [0.1, 0.15) is 28.6 Å². The number of nitrogens with zero attached hydrogens (tertiary/aromatic N) is 1. The summed E-state index contributed by atoms with van der Waals surface area (Å²) in [5.74, 6) is -6.68. The number of phenols is 1. The van der Waals surface area contributed by atoms with Crippen LogP contribution in [-0.2, 0) is 16.0 Å². The number of hydrogen-bond acceptors (Lipinski definition) is 10. The molecule has 0 radical (unpaired) electrons. The number of aliphatic hydroxyl groups excluding tert-OH is 2. The first kappa shape index (κ1) is 28.1. The number of unbranched alkanes of at least 4 members (excludes halogenated alkanes) is 1. The summed E-state index contributed by atoms with van der Waals surface area (Å²) in [5.41, 5.74) is 8.87. The predicted octanol–water partition coefficient (Wildman–Crippen LogP) is 1.85. The van der Waals surface area contributed by atoms with Crippen molar-refractivity contribution in [3.63, 3.8) is 0 Å². The van der Waals surface area contributed by atoms with Crippen LogP contribution in [0.1, 0.15) is 73.5 Å². The zero-order chi connectivity index (χ0) is 29.1. The molecular formula is C29H37N3O8. The number of benzene rings is 1. The number of allylic oxidation sites excluding steroid dienone is 1. The van der Waals surface area contributed by atoms with E-state index in [9.17, 15) is 34.8 Å². The number of aliphatic hydroxyl groups is 3. The van der Waals surface area contributed by atoms with Crippen LogP contribution in [0.4, 0.5) is 0 Å². The molecule has 216 valence electrons. The Labute approximate surface area is 232 Å². The lowest BCUT2D eigenvalue weighted by Crippen LogP contribution is -2.63. The minimum atomic E-state index is -2.73. The first-order chi connectivity index (χ1) is 19.0. The minimum absolute atomic E-state index is 0.00779. The Morgan fingerprint density at radius 3 is 2.60 bits per heavy atom. The second-order valence-corrected chi connectivity index (χ2v) is 11.2. The molecule has 0 unspecified atom stereocenters. The molecule has 1 aliphatic heterocycles. The van der Waals surface area contributed by atoms with Gasteiger partial charge in [-0.05, 0) is 57.2 Å². The zero-order valence-corrected chi connectivity index (χ0v) is 22.8. The van der Waals surface area contributed by atoms with Gasteiger partial charge in [-0.2, -0.15) is 0 Å². The van der Waals surface area contributed by atoms with Crippen LogP contribution in [0.2, 0.25) is 0 Å². The van der Waals surface area contributed by atoms with E-state index in [0.717, 1.165) is 44.3 Å². The molecule has 1 heterocycles. The Bertz CT molecular complexity index is 1350. The normalized spacial score (nSPS) is 30.3. The van der Waals surface area contributed by atoms with Crippen molar-refractivity contribution >= 4 is 17.5 Å². The summed E-state index contributed by atoms with van der Waals surface area (Å²) in [4.78, 5) is 41.4. The molecule has 1 aromatic carbocycles. The van der Waals surface area contributed by atoms with Gasteiger partial charge in [-0.15, -0.1) is 0 Å². The molecular weight excluding hydrogens is 518 g/mol. The third-order valence-electron chi connectivity index (χ3n) is 9.11. The lowest BCUT2D eigenvalue weighted by Gasteiger charge is -2.48. The van der Waals surface area contributed by atoms with Crippen LogP contribution < -0.4 is 16.2 Å². The Morgan fingerprint density at radius 2 is 1.95 bits per heavy atom. The average molecular weight is 556 g/mol. The maximum absolute atomic E-state index is 14.0. The number of hydrogen-bond donors (Lipinski definition) is 6. The van der Waals surface area contributed by atoms with E-state index in [1.165, 1.54) is 0 Å². The van der Waals surface area contributed by atoms with E-state index in [4.69, 9.17) is 16.2 Å². The first-order valence-electron chi connectivity index (χ1n) is 14.0. The molecule has 0 saturated carbocycles. The van der Waals surface area contributed by atoms with Gasteiger partial charge in [0, 0.05) is 28.7 Å². The standard InChI is InChI=1S/C29H37N3O8/c1-3-5-9-40-25-14(17-7-6-8-32(17)4-2)12-18(33)20-15(25)10-13-11-16-22(30)24(35)21(28(31)38)27(37)29(16,39)26(36)19(13)23(20)34/h12-13,16-17,22,33,35-36,39H,3-11,30H2,1-2H3,(H2,31,38)/t13-,16-,17-,22-,29-/m0/s1. The van der Waals surface area contributed by atoms with E-state index < -0.39 is 58.0 Å². The van der Waals surface area contributed by atoms with Crippen molar-refractivity contribution < 1.29 is 39.5 Å². The number of carbonyl (C=O) groups is 3. The molecule has 1 fully saturated rings. The van der Waals surface area contributed by atoms with Gasteiger partial charge < -0.3 is 36.6 Å². The first-order valence-corrected chi connectivity index (χ1v) is 14.0. The highest BCUT2D eigenvalue weighted by atomic mass is 16.5. The maximum Gasteiger partial charge on any atom is 0.255 e. The summed E-state index contributed by atoms with van der Waals surface area (Å²) < 4.78 is 6.32. The molecule has 1 aromatic rings. The molecule has 8 N–H and O–H groups in total. The van der Waals surface area contributed by atoms with Crippen LogP contribution in [0.3, 0.4) is 0 Å². The Hall–Kier alpha value is -3.41. The second kappa shape index (κ2) is 10.2. The lowest BCUT2D eigenvalue weighted by atomic mass is 9.59. The van der Waals surface area contributed by atoms with Gasteiger partial charge in [0.15, 0.2) is 11.4 Å². The number of Topliss-reactive ketones (excluding diaryl/α,β-unsaturated/α-hetero) is 2. The molecule has 11 heteroatoms. The van der Waals surface area contributed by atoms with E-state index in [2.05, 4.69) is 11.8 Å². The largest absolute Gasteiger partial charge is 0.510 e. The quantitative estimate of drug-likeness (QED) is 0.213. The van der Waals surface area contributed by atoms with Crippen LogP contribution in [0.5, 0.6) is 11.5 Å². The number of likely N-dealkylation sites (tertiary alicyclic amines) is 1. The number of aromatic hydroxyl groups is 1. The van der Waals surface area contributed by atoms with Gasteiger partial charge in [-0.25, -0.2) is 0 Å². The fourth-order valence-corrected chi connectivity index (χ4v) is 7.08. The highest BCUT2D eigenvalue weighted by molar-refractivity contribution is 6.24. The number of ether oxygens (including phenoxy) is 1. The topological polar surface area (TPSA) is 197 Å². The SMILES string of the molecule is CCCCOc1c([C@@H]2CCCN2CC)cc(O)c2c1C[C@H]1C[C@H]3[C@H](N)C(O)=C(C(N)=O)C(=O)[C@@]3(O)C(O)=C1C2=O. The number of primary amides is 1. The fourth-order valence-electron chi connectivity index (χ4n) is 7.08. The fraction of sp³-hybridized carbons (Fsp3) is 0.552. The van der Waals surface area contributed by atoms with Gasteiger partial charge >= 0.3 is 0 Å². The molecule has 4 aliphatic rings. The molecule has 5 atom stereocenters. The van der Waals surface area contributed by atoms with Crippen LogP contribution in [-0.4, -0.2) is 74.1 Å². The van der Waals surface area contributed by atoms with Crippen LogP contribution >= 0.6 is 0 Å². The van der Waals surface area contributed by atoms with E-state index >= 15 is 0 Å². The molecule has 1 amide bonds. The smallest absolute Gasteiger partial charge is 0.255 e. The lowest BCUT2D eigenvalue weighted by molar-refractivity contribution is -0.145. The van der Waals surface area contributed by atoms with E-state index in [0.29, 0.717) is 17.9 Å². The van der Waals surface area contributed by atoms with Crippen molar-refractivity contribution in [3.05, 3.63) is 45.4 Å². The van der Waals surface area contributed by atoms with Crippen molar-refractivity contribution in [3.8, 4) is 11.5 Å². The average Bonchev–Trinajstić information content (AvgIpc) is 3.39. The molecule has 0 aromatic heterocycles. The van der Waals surface area contributed by atoms with Crippen LogP contribution in [0.15, 0.2) is 28.7 Å². The summed E-state index contributed by atoms with van der Waals surface area (Å²) in [6.45, 7) is 6.26. The number of ketones is 2. The molecule has 11 nitrogen and oxygen atoms in total. The van der Waals surface area contributed by atoms with Gasteiger partial charge in [0.2, 0.25) is 5.78 Å². The van der Waals surface area contributed by atoms with Gasteiger partial charge in [0.05, 0.1) is 18.2 Å². The molecule has 0 spiro atoms. The highest BCUT2D eigenvalue weighted by Crippen LogP contribution is 2.53. The summed E-state index contributed by atoms with van der Waals surface area (Å²) in [5, 5.41) is 44.5. The van der Waals surface area contributed by atoms with Gasteiger partial charge in [-0.1, -0.05) is 20.3 Å². The van der Waals surface area contributed by atoms with Gasteiger partial charge in [0.25, 0.3) is 5.91 Å². The van der Waals surface area contributed by atoms with E-state index in [1.807, 2.05) is 6.92 Å². The summed E-state index contributed by atoms with van der Waals surface area (Å²) >= 11 is 0. The van der Waals surface area contributed by atoms with Crippen molar-refractivity contribution in [2.24, 2.45) is 23.3 Å². The molecule has 40 heavy (non-hydrogen) atoms. The van der Waals surface area contributed by atoms with Gasteiger partial charge in [-0.3, -0.25) is 19.3 Å². The van der Waals surface area contributed by atoms with Crippen molar-refractivity contribution in [1.29, 1.82) is 0 Å². The molecule has 1 saturated heterocycles. The van der Waals surface area contributed by atoms with Crippen LogP contribution in [0.25, 0.3) is 0 Å². The third-order valence-corrected chi connectivity index (χ3v) is 9.11. The van der Waals surface area contributed by atoms with E-state index in [-0.39, 0.29) is 35.8 Å². The number of fused-ring (bicyclic) bond motifs is 3. The maximum atomic E-state index is 14.0. The summed E-state index contributed by atoms with van der Waals surface area (Å²) in [7, 11) is 0. The number of carbonyl (C=O) groups excluding carboxylic acids is 3. The number of nitrogens with two attached hydrogens (primary N) is 2. The predicted molar refractivity (Wildman–Crippen MR) is 144 cm³/mol. The molecule has 3 aliphatic carbocycles. The van der Waals surface area contributed by atoms with Crippen molar-refractivity contribution in [1.82, 2.24) is 4.90 Å².